The first-order valence-corrected chi connectivity index (χ1v) is 10.6. The third-order valence-corrected chi connectivity index (χ3v) is 7.25. The zero-order chi connectivity index (χ0) is 16.7. The number of likely N-dealkylation sites (tertiary alicyclic amines) is 1. The monoisotopic (exact) mass is 332 g/mol. The van der Waals surface area contributed by atoms with Gasteiger partial charge < -0.3 is 5.32 Å². The predicted molar refractivity (Wildman–Crippen MR) is 97.6 cm³/mol. The Hall–Kier alpha value is -0.570. The number of amides is 1. The van der Waals surface area contributed by atoms with Crippen molar-refractivity contribution in [3.63, 3.8) is 0 Å². The molecule has 2 bridgehead atoms. The van der Waals surface area contributed by atoms with Gasteiger partial charge in [0.15, 0.2) is 0 Å². The summed E-state index contributed by atoms with van der Waals surface area (Å²) in [5.74, 6) is 4.77. The molecule has 1 N–H and O–H groups in total. The zero-order valence-electron chi connectivity index (χ0n) is 15.7. The number of nitrogens with zero attached hydrogens (tertiary/aromatic N) is 1. The average molecular weight is 333 g/mol. The van der Waals surface area contributed by atoms with Crippen LogP contribution in [0.4, 0.5) is 0 Å². The highest BCUT2D eigenvalue weighted by Crippen LogP contribution is 2.54. The first-order chi connectivity index (χ1) is 11.6. The van der Waals surface area contributed by atoms with Crippen LogP contribution in [0.25, 0.3) is 0 Å². The van der Waals surface area contributed by atoms with Crippen LogP contribution < -0.4 is 5.32 Å². The lowest BCUT2D eigenvalue weighted by molar-refractivity contribution is -0.129. The molecule has 6 atom stereocenters. The molecule has 3 heteroatoms. The summed E-state index contributed by atoms with van der Waals surface area (Å²) in [7, 11) is 0. The van der Waals surface area contributed by atoms with Gasteiger partial charge in [0.2, 0.25) is 5.91 Å². The first-order valence-electron chi connectivity index (χ1n) is 10.6. The van der Waals surface area contributed by atoms with Crippen molar-refractivity contribution in [1.29, 1.82) is 0 Å². The van der Waals surface area contributed by atoms with Gasteiger partial charge in [0, 0.05) is 12.6 Å². The zero-order valence-corrected chi connectivity index (χ0v) is 15.7. The molecule has 0 aromatic heterocycles. The molecule has 0 aromatic rings. The van der Waals surface area contributed by atoms with E-state index in [1.165, 1.54) is 51.4 Å². The Morgan fingerprint density at radius 2 is 1.75 bits per heavy atom. The highest BCUT2D eigenvalue weighted by atomic mass is 16.2. The molecule has 1 amide bonds. The number of carbonyl (C=O) groups is 1. The maximum Gasteiger partial charge on any atom is 0.237 e. The number of piperidine rings is 1. The van der Waals surface area contributed by atoms with Crippen LogP contribution in [0.15, 0.2) is 0 Å². The highest BCUT2D eigenvalue weighted by Gasteiger charge is 2.47. The molecule has 3 aliphatic carbocycles. The second-order valence-electron chi connectivity index (χ2n) is 9.68. The summed E-state index contributed by atoms with van der Waals surface area (Å²) in [6.45, 7) is 6.71. The summed E-state index contributed by atoms with van der Waals surface area (Å²) in [6, 6.07) is 0.606. The Labute approximate surface area is 147 Å². The molecule has 0 spiro atoms. The SMILES string of the molecule is CC(C)CN1CCCCC1C(=O)NC1CCC2CC3CC3CC1C2. The molecule has 0 aromatic carbocycles. The minimum Gasteiger partial charge on any atom is -0.352 e. The fourth-order valence-corrected chi connectivity index (χ4v) is 5.98. The predicted octanol–water partition coefficient (Wildman–Crippen LogP) is 3.83. The molecule has 4 aliphatic rings. The van der Waals surface area contributed by atoms with Gasteiger partial charge in [-0.15, -0.1) is 0 Å². The minimum atomic E-state index is 0.137. The van der Waals surface area contributed by atoms with Gasteiger partial charge in [-0.3, -0.25) is 9.69 Å². The minimum absolute atomic E-state index is 0.137. The fourth-order valence-electron chi connectivity index (χ4n) is 5.98. The van der Waals surface area contributed by atoms with Gasteiger partial charge in [-0.25, -0.2) is 0 Å². The Bertz CT molecular complexity index is 461. The summed E-state index contributed by atoms with van der Waals surface area (Å²) in [6.07, 6.45) is 11.9. The van der Waals surface area contributed by atoms with E-state index in [1.807, 2.05) is 0 Å². The molecule has 1 saturated heterocycles. The Balaban J connectivity index is 1.37. The fraction of sp³-hybridized carbons (Fsp3) is 0.952. The van der Waals surface area contributed by atoms with Gasteiger partial charge in [0.25, 0.3) is 0 Å². The number of rotatable bonds is 4. The van der Waals surface area contributed by atoms with E-state index in [1.54, 1.807) is 0 Å². The molecular weight excluding hydrogens is 296 g/mol. The molecule has 3 nitrogen and oxygen atoms in total. The molecule has 24 heavy (non-hydrogen) atoms. The van der Waals surface area contributed by atoms with Crippen LogP contribution in [0.3, 0.4) is 0 Å². The number of fused-ring (bicyclic) bond motifs is 3. The van der Waals surface area contributed by atoms with Crippen molar-refractivity contribution in [2.75, 3.05) is 13.1 Å². The number of carbonyl (C=O) groups excluding carboxylic acids is 1. The largest absolute Gasteiger partial charge is 0.352 e. The summed E-state index contributed by atoms with van der Waals surface area (Å²) < 4.78 is 0. The van der Waals surface area contributed by atoms with Gasteiger partial charge in [0.05, 0.1) is 6.04 Å². The van der Waals surface area contributed by atoms with Crippen molar-refractivity contribution in [3.8, 4) is 0 Å². The lowest BCUT2D eigenvalue weighted by Crippen LogP contribution is -2.54. The van der Waals surface area contributed by atoms with E-state index in [0.29, 0.717) is 17.9 Å². The van der Waals surface area contributed by atoms with Crippen LogP contribution >= 0.6 is 0 Å². The summed E-state index contributed by atoms with van der Waals surface area (Å²) >= 11 is 0. The maximum atomic E-state index is 13.0. The van der Waals surface area contributed by atoms with Crippen LogP contribution in [0.2, 0.25) is 0 Å². The summed E-state index contributed by atoms with van der Waals surface area (Å²) in [5.41, 5.74) is 0. The standard InChI is InChI=1S/C21H36N2O/c1-14(2)13-23-8-4-3-5-20(23)21(24)22-19-7-6-15-9-16-11-17(16)12-18(19)10-15/h14-20H,3-13H2,1-2H3,(H,22,24). The molecule has 0 radical (unpaired) electrons. The van der Waals surface area contributed by atoms with E-state index >= 15 is 0 Å². The average Bonchev–Trinajstić information content (AvgIpc) is 3.27. The molecule has 1 heterocycles. The van der Waals surface area contributed by atoms with Gasteiger partial charge in [-0.05, 0) is 87.5 Å². The second kappa shape index (κ2) is 6.97. The van der Waals surface area contributed by atoms with Crippen molar-refractivity contribution < 1.29 is 4.79 Å². The van der Waals surface area contributed by atoms with Gasteiger partial charge in [-0.2, -0.15) is 0 Å². The third kappa shape index (κ3) is 3.66. The van der Waals surface area contributed by atoms with Gasteiger partial charge in [-0.1, -0.05) is 20.3 Å². The summed E-state index contributed by atoms with van der Waals surface area (Å²) in [4.78, 5) is 15.5. The normalized spacial score (nSPS) is 42.3. The molecular formula is C21H36N2O. The summed E-state index contributed by atoms with van der Waals surface area (Å²) in [5, 5.41) is 3.53. The molecule has 4 rings (SSSR count). The van der Waals surface area contributed by atoms with Crippen LogP contribution in [0.5, 0.6) is 0 Å². The third-order valence-electron chi connectivity index (χ3n) is 7.25. The van der Waals surface area contributed by atoms with Gasteiger partial charge in [0.1, 0.15) is 0 Å². The van der Waals surface area contributed by atoms with E-state index in [-0.39, 0.29) is 6.04 Å². The molecule has 136 valence electrons. The molecule has 3 saturated carbocycles. The van der Waals surface area contributed by atoms with E-state index in [0.717, 1.165) is 43.2 Å². The lowest BCUT2D eigenvalue weighted by atomic mass is 9.76. The number of hydrogen-bond donors (Lipinski definition) is 1. The highest BCUT2D eigenvalue weighted by molar-refractivity contribution is 5.82. The second-order valence-corrected chi connectivity index (χ2v) is 9.68. The van der Waals surface area contributed by atoms with Crippen molar-refractivity contribution in [1.82, 2.24) is 10.2 Å². The molecule has 1 aliphatic heterocycles. The van der Waals surface area contributed by atoms with E-state index in [9.17, 15) is 4.79 Å². The van der Waals surface area contributed by atoms with Crippen molar-refractivity contribution in [2.24, 2.45) is 29.6 Å². The van der Waals surface area contributed by atoms with Crippen LogP contribution in [0.1, 0.15) is 71.6 Å². The Kier molecular flexibility index (Phi) is 4.90. The first kappa shape index (κ1) is 16.9. The Morgan fingerprint density at radius 1 is 1.00 bits per heavy atom. The van der Waals surface area contributed by atoms with Crippen molar-refractivity contribution in [2.45, 2.75) is 83.7 Å². The van der Waals surface area contributed by atoms with E-state index < -0.39 is 0 Å². The molecule has 4 fully saturated rings. The Morgan fingerprint density at radius 3 is 2.58 bits per heavy atom. The van der Waals surface area contributed by atoms with Crippen LogP contribution in [0, 0.1) is 29.6 Å². The van der Waals surface area contributed by atoms with E-state index in [4.69, 9.17) is 0 Å². The van der Waals surface area contributed by atoms with Crippen molar-refractivity contribution in [3.05, 3.63) is 0 Å². The van der Waals surface area contributed by atoms with Crippen molar-refractivity contribution >= 4 is 5.91 Å². The van der Waals surface area contributed by atoms with E-state index in [2.05, 4.69) is 24.1 Å². The number of nitrogens with one attached hydrogen (secondary N) is 1. The lowest BCUT2D eigenvalue weighted by Gasteiger charge is -2.39. The van der Waals surface area contributed by atoms with Crippen LogP contribution in [-0.2, 0) is 4.79 Å². The maximum absolute atomic E-state index is 13.0. The number of hydrogen-bond acceptors (Lipinski definition) is 2. The smallest absolute Gasteiger partial charge is 0.237 e. The van der Waals surface area contributed by atoms with Gasteiger partial charge >= 0.3 is 0 Å². The quantitative estimate of drug-likeness (QED) is 0.848. The van der Waals surface area contributed by atoms with Crippen LogP contribution in [-0.4, -0.2) is 36.0 Å². The topological polar surface area (TPSA) is 32.3 Å². The molecule has 6 unspecified atom stereocenters.